The number of hydrogen-bond donors (Lipinski definition) is 0. The van der Waals surface area contributed by atoms with Gasteiger partial charge in [0.2, 0.25) is 5.91 Å². The van der Waals surface area contributed by atoms with Crippen LogP contribution in [0, 0.1) is 0 Å². The van der Waals surface area contributed by atoms with Gasteiger partial charge in [0.1, 0.15) is 11.1 Å². The van der Waals surface area contributed by atoms with Crippen LogP contribution in [0.4, 0.5) is 5.69 Å². The molecule has 1 aliphatic heterocycles. The number of nitrogens with zero attached hydrogens (tertiary/aromatic N) is 1. The molecule has 0 radical (unpaired) electrons. The third kappa shape index (κ3) is 3.30. The molecule has 1 fully saturated rings. The van der Waals surface area contributed by atoms with E-state index < -0.39 is 0 Å². The number of thioether (sulfide) groups is 1. The third-order valence-electron chi connectivity index (χ3n) is 4.13. The largest absolute Gasteiger partial charge is 0.455 e. The van der Waals surface area contributed by atoms with Crippen LogP contribution in [-0.2, 0) is 4.79 Å². The number of benzene rings is 3. The molecule has 3 aromatic carbocycles. The fourth-order valence-corrected chi connectivity index (χ4v) is 4.46. The first-order chi connectivity index (χ1) is 12.7. The standard InChI is InChI=1S/C21H16ClNO2S/c22-17-11-5-4-10-16(17)21-23(20(24)14-26-21)18-12-6-7-13-19(18)25-15-8-2-1-3-9-15/h1-13,21H,14H2/t21-/m0/s1. The van der Waals surface area contributed by atoms with Crippen LogP contribution in [0.2, 0.25) is 5.02 Å². The monoisotopic (exact) mass is 381 g/mol. The lowest BCUT2D eigenvalue weighted by molar-refractivity contribution is -0.115. The number of anilines is 1. The zero-order chi connectivity index (χ0) is 17.9. The Morgan fingerprint density at radius 3 is 2.42 bits per heavy atom. The molecule has 130 valence electrons. The summed E-state index contributed by atoms with van der Waals surface area (Å²) in [6.07, 6.45) is 0. The molecule has 5 heteroatoms. The van der Waals surface area contributed by atoms with Gasteiger partial charge in [0, 0.05) is 10.6 Å². The normalized spacial score (nSPS) is 16.7. The fraction of sp³-hybridized carbons (Fsp3) is 0.0952. The number of halogens is 1. The Balaban J connectivity index is 1.74. The molecule has 1 aliphatic rings. The summed E-state index contributed by atoms with van der Waals surface area (Å²) in [7, 11) is 0. The summed E-state index contributed by atoms with van der Waals surface area (Å²) in [6.45, 7) is 0. The van der Waals surface area contributed by atoms with Crippen molar-refractivity contribution in [1.29, 1.82) is 0 Å². The Hall–Kier alpha value is -2.43. The first kappa shape index (κ1) is 17.0. The second kappa shape index (κ2) is 7.44. The van der Waals surface area contributed by atoms with E-state index in [0.29, 0.717) is 16.5 Å². The summed E-state index contributed by atoms with van der Waals surface area (Å²) in [5.41, 5.74) is 1.68. The van der Waals surface area contributed by atoms with E-state index in [4.69, 9.17) is 16.3 Å². The van der Waals surface area contributed by atoms with Gasteiger partial charge in [-0.25, -0.2) is 0 Å². The van der Waals surface area contributed by atoms with Crippen LogP contribution in [-0.4, -0.2) is 11.7 Å². The van der Waals surface area contributed by atoms with E-state index in [0.717, 1.165) is 17.0 Å². The van der Waals surface area contributed by atoms with E-state index in [1.54, 1.807) is 16.7 Å². The van der Waals surface area contributed by atoms with E-state index in [1.807, 2.05) is 78.9 Å². The van der Waals surface area contributed by atoms with Crippen LogP contribution in [0.15, 0.2) is 78.9 Å². The van der Waals surface area contributed by atoms with Crippen molar-refractivity contribution in [3.63, 3.8) is 0 Å². The molecule has 0 N–H and O–H groups in total. The number of hydrogen-bond acceptors (Lipinski definition) is 3. The van der Waals surface area contributed by atoms with Gasteiger partial charge < -0.3 is 4.74 Å². The van der Waals surface area contributed by atoms with Crippen LogP contribution in [0.1, 0.15) is 10.9 Å². The fourth-order valence-electron chi connectivity index (χ4n) is 2.95. The quantitative estimate of drug-likeness (QED) is 0.562. The van der Waals surface area contributed by atoms with Gasteiger partial charge >= 0.3 is 0 Å². The highest BCUT2D eigenvalue weighted by atomic mass is 35.5. The Morgan fingerprint density at radius 2 is 1.62 bits per heavy atom. The zero-order valence-electron chi connectivity index (χ0n) is 13.8. The van der Waals surface area contributed by atoms with Crippen LogP contribution >= 0.6 is 23.4 Å². The smallest absolute Gasteiger partial charge is 0.238 e. The van der Waals surface area contributed by atoms with Gasteiger partial charge in [-0.05, 0) is 30.3 Å². The van der Waals surface area contributed by atoms with Crippen LogP contribution in [0.3, 0.4) is 0 Å². The molecule has 0 unspecified atom stereocenters. The van der Waals surface area contributed by atoms with Gasteiger partial charge in [-0.3, -0.25) is 9.69 Å². The van der Waals surface area contributed by atoms with Gasteiger partial charge in [0.05, 0.1) is 11.4 Å². The molecule has 3 aromatic rings. The number of amides is 1. The van der Waals surface area contributed by atoms with Crippen LogP contribution in [0.25, 0.3) is 0 Å². The molecule has 1 saturated heterocycles. The molecule has 3 nitrogen and oxygen atoms in total. The van der Waals surface area contributed by atoms with Gasteiger partial charge in [0.15, 0.2) is 5.75 Å². The lowest BCUT2D eigenvalue weighted by Crippen LogP contribution is -2.28. The van der Waals surface area contributed by atoms with Crippen molar-refractivity contribution >= 4 is 35.0 Å². The van der Waals surface area contributed by atoms with Crippen molar-refractivity contribution in [2.24, 2.45) is 0 Å². The van der Waals surface area contributed by atoms with Crippen molar-refractivity contribution < 1.29 is 9.53 Å². The van der Waals surface area contributed by atoms with Gasteiger partial charge in [-0.2, -0.15) is 0 Å². The molecule has 0 bridgehead atoms. The number of carbonyl (C=O) groups is 1. The lowest BCUT2D eigenvalue weighted by Gasteiger charge is -2.26. The van der Waals surface area contributed by atoms with Crippen LogP contribution < -0.4 is 9.64 Å². The van der Waals surface area contributed by atoms with E-state index in [2.05, 4.69) is 0 Å². The molecule has 26 heavy (non-hydrogen) atoms. The van der Waals surface area contributed by atoms with Crippen molar-refractivity contribution in [3.8, 4) is 11.5 Å². The molecule has 1 amide bonds. The number of carbonyl (C=O) groups excluding carboxylic acids is 1. The van der Waals surface area contributed by atoms with E-state index in [-0.39, 0.29) is 11.3 Å². The van der Waals surface area contributed by atoms with E-state index in [9.17, 15) is 4.79 Å². The Bertz CT molecular complexity index is 932. The second-order valence-corrected chi connectivity index (χ2v) is 7.31. The van der Waals surface area contributed by atoms with Crippen molar-refractivity contribution in [1.82, 2.24) is 0 Å². The summed E-state index contributed by atoms with van der Waals surface area (Å²) < 4.78 is 6.05. The number of para-hydroxylation sites is 3. The first-order valence-corrected chi connectivity index (χ1v) is 9.67. The summed E-state index contributed by atoms with van der Waals surface area (Å²) >= 11 is 7.96. The van der Waals surface area contributed by atoms with Gasteiger partial charge in [-0.1, -0.05) is 60.1 Å². The summed E-state index contributed by atoms with van der Waals surface area (Å²) in [5.74, 6) is 1.83. The minimum absolute atomic E-state index is 0.0454. The zero-order valence-corrected chi connectivity index (χ0v) is 15.4. The molecule has 0 saturated carbocycles. The van der Waals surface area contributed by atoms with Gasteiger partial charge in [0.25, 0.3) is 0 Å². The predicted molar refractivity (Wildman–Crippen MR) is 107 cm³/mol. The number of rotatable bonds is 4. The van der Waals surface area contributed by atoms with E-state index in [1.165, 1.54) is 0 Å². The molecule has 0 aromatic heterocycles. The molecular formula is C21H16ClNO2S. The van der Waals surface area contributed by atoms with Crippen molar-refractivity contribution in [2.75, 3.05) is 10.7 Å². The Morgan fingerprint density at radius 1 is 0.923 bits per heavy atom. The third-order valence-corrected chi connectivity index (χ3v) is 5.67. The molecule has 4 rings (SSSR count). The Kier molecular flexibility index (Phi) is 4.87. The van der Waals surface area contributed by atoms with Crippen molar-refractivity contribution in [3.05, 3.63) is 89.4 Å². The SMILES string of the molecule is O=C1CS[C@@H](c2ccccc2Cl)N1c1ccccc1Oc1ccccc1. The topological polar surface area (TPSA) is 29.5 Å². The highest BCUT2D eigenvalue weighted by Crippen LogP contribution is 2.47. The average molecular weight is 382 g/mol. The summed E-state index contributed by atoms with van der Waals surface area (Å²) in [6, 6.07) is 24.8. The molecule has 1 heterocycles. The minimum atomic E-state index is -0.170. The van der Waals surface area contributed by atoms with Crippen molar-refractivity contribution in [2.45, 2.75) is 5.37 Å². The van der Waals surface area contributed by atoms with Gasteiger partial charge in [-0.15, -0.1) is 11.8 Å². The highest BCUT2D eigenvalue weighted by molar-refractivity contribution is 8.00. The average Bonchev–Trinajstić information content (AvgIpc) is 3.05. The predicted octanol–water partition coefficient (Wildman–Crippen LogP) is 5.91. The maximum atomic E-state index is 12.7. The maximum Gasteiger partial charge on any atom is 0.238 e. The molecular weight excluding hydrogens is 366 g/mol. The highest BCUT2D eigenvalue weighted by Gasteiger charge is 2.36. The number of ether oxygens (including phenoxy) is 1. The van der Waals surface area contributed by atoms with Crippen LogP contribution in [0.5, 0.6) is 11.5 Å². The molecule has 1 atom stereocenters. The molecule has 0 aliphatic carbocycles. The summed E-state index contributed by atoms with van der Waals surface area (Å²) in [5, 5.41) is 0.489. The summed E-state index contributed by atoms with van der Waals surface area (Å²) in [4.78, 5) is 14.5. The maximum absolute atomic E-state index is 12.7. The molecule has 0 spiro atoms. The van der Waals surface area contributed by atoms with E-state index >= 15 is 0 Å². The lowest BCUT2D eigenvalue weighted by atomic mass is 10.1. The minimum Gasteiger partial charge on any atom is -0.455 e. The second-order valence-electron chi connectivity index (χ2n) is 5.83. The first-order valence-electron chi connectivity index (χ1n) is 8.24. The Labute approximate surface area is 161 Å².